The number of likely N-dealkylation sites (tertiary alicyclic amines) is 1. The SMILES string of the molecule is Cc1cnc(C2CN(C(=O)C3CCC3)C2)n1Cc1ccccc1. The Kier molecular flexibility index (Phi) is 3.68. The van der Waals surface area contributed by atoms with Crippen LogP contribution in [0.5, 0.6) is 0 Å². The molecule has 1 saturated heterocycles. The van der Waals surface area contributed by atoms with Crippen LogP contribution in [0.1, 0.15) is 42.3 Å². The number of nitrogens with zero attached hydrogens (tertiary/aromatic N) is 3. The van der Waals surface area contributed by atoms with E-state index in [1.807, 2.05) is 17.2 Å². The van der Waals surface area contributed by atoms with Gasteiger partial charge in [0.2, 0.25) is 5.91 Å². The molecule has 1 aliphatic carbocycles. The lowest BCUT2D eigenvalue weighted by Crippen LogP contribution is -2.52. The third-order valence-electron chi connectivity index (χ3n) is 5.28. The van der Waals surface area contributed by atoms with Crippen LogP contribution in [0.2, 0.25) is 0 Å². The summed E-state index contributed by atoms with van der Waals surface area (Å²) in [6.07, 6.45) is 5.34. The van der Waals surface area contributed by atoms with Crippen LogP contribution in [0, 0.1) is 12.8 Å². The molecule has 2 heterocycles. The third kappa shape index (κ3) is 2.67. The van der Waals surface area contributed by atoms with E-state index in [0.717, 1.165) is 38.3 Å². The molecule has 4 rings (SSSR count). The van der Waals surface area contributed by atoms with Gasteiger partial charge in [0.25, 0.3) is 0 Å². The Morgan fingerprint density at radius 3 is 2.61 bits per heavy atom. The number of hydrogen-bond donors (Lipinski definition) is 0. The molecule has 2 fully saturated rings. The number of carbonyl (C=O) groups is 1. The molecule has 0 unspecified atom stereocenters. The Morgan fingerprint density at radius 1 is 1.22 bits per heavy atom. The molecule has 0 spiro atoms. The first-order valence-electron chi connectivity index (χ1n) is 8.57. The van der Waals surface area contributed by atoms with Gasteiger partial charge in [0.15, 0.2) is 0 Å². The van der Waals surface area contributed by atoms with Gasteiger partial charge in [-0.2, -0.15) is 0 Å². The van der Waals surface area contributed by atoms with Crippen molar-refractivity contribution in [2.75, 3.05) is 13.1 Å². The van der Waals surface area contributed by atoms with Gasteiger partial charge in [-0.15, -0.1) is 0 Å². The number of aryl methyl sites for hydroxylation is 1. The normalized spacial score (nSPS) is 18.6. The number of amides is 1. The predicted molar refractivity (Wildman–Crippen MR) is 89.2 cm³/mol. The van der Waals surface area contributed by atoms with E-state index in [1.165, 1.54) is 17.7 Å². The molecule has 0 N–H and O–H groups in total. The average molecular weight is 309 g/mol. The van der Waals surface area contributed by atoms with E-state index in [9.17, 15) is 4.79 Å². The molecule has 1 aliphatic heterocycles. The Labute approximate surface area is 137 Å². The summed E-state index contributed by atoms with van der Waals surface area (Å²) in [5, 5.41) is 0. The lowest BCUT2D eigenvalue weighted by atomic mass is 9.83. The molecule has 4 nitrogen and oxygen atoms in total. The zero-order valence-electron chi connectivity index (χ0n) is 13.6. The van der Waals surface area contributed by atoms with Crippen molar-refractivity contribution in [3.05, 3.63) is 53.6 Å². The van der Waals surface area contributed by atoms with Crippen LogP contribution in [0.4, 0.5) is 0 Å². The zero-order chi connectivity index (χ0) is 15.8. The summed E-state index contributed by atoms with van der Waals surface area (Å²) in [7, 11) is 0. The van der Waals surface area contributed by atoms with Crippen molar-refractivity contribution in [1.82, 2.24) is 14.5 Å². The van der Waals surface area contributed by atoms with Crippen molar-refractivity contribution in [1.29, 1.82) is 0 Å². The minimum atomic E-state index is 0.307. The van der Waals surface area contributed by atoms with Crippen molar-refractivity contribution in [2.24, 2.45) is 5.92 Å². The smallest absolute Gasteiger partial charge is 0.225 e. The number of carbonyl (C=O) groups excluding carboxylic acids is 1. The second kappa shape index (κ2) is 5.84. The fourth-order valence-corrected chi connectivity index (χ4v) is 3.51. The van der Waals surface area contributed by atoms with Gasteiger partial charge in [0.1, 0.15) is 5.82 Å². The van der Waals surface area contributed by atoms with Crippen molar-refractivity contribution in [2.45, 2.75) is 38.6 Å². The topological polar surface area (TPSA) is 38.1 Å². The lowest BCUT2D eigenvalue weighted by Gasteiger charge is -2.42. The Bertz CT molecular complexity index is 697. The first-order valence-corrected chi connectivity index (χ1v) is 8.57. The Balaban J connectivity index is 1.45. The van der Waals surface area contributed by atoms with Gasteiger partial charge in [-0.3, -0.25) is 4.79 Å². The third-order valence-corrected chi connectivity index (χ3v) is 5.28. The van der Waals surface area contributed by atoms with Gasteiger partial charge in [0.05, 0.1) is 5.92 Å². The van der Waals surface area contributed by atoms with Gasteiger partial charge in [0, 0.05) is 37.4 Å². The molecule has 120 valence electrons. The van der Waals surface area contributed by atoms with Gasteiger partial charge in [-0.05, 0) is 25.3 Å². The Hall–Kier alpha value is -2.10. The highest BCUT2D eigenvalue weighted by Gasteiger charge is 2.38. The predicted octanol–water partition coefficient (Wildman–Crippen LogP) is 2.97. The molecule has 23 heavy (non-hydrogen) atoms. The van der Waals surface area contributed by atoms with Gasteiger partial charge in [-0.1, -0.05) is 36.8 Å². The average Bonchev–Trinajstić information content (AvgIpc) is 2.79. The van der Waals surface area contributed by atoms with Crippen LogP contribution < -0.4 is 0 Å². The molecule has 0 radical (unpaired) electrons. The summed E-state index contributed by atoms with van der Waals surface area (Å²) in [4.78, 5) is 18.9. The second-order valence-corrected chi connectivity index (χ2v) is 6.90. The fourth-order valence-electron chi connectivity index (χ4n) is 3.51. The Morgan fingerprint density at radius 2 is 1.96 bits per heavy atom. The lowest BCUT2D eigenvalue weighted by molar-refractivity contribution is -0.142. The highest BCUT2D eigenvalue weighted by atomic mass is 16.2. The minimum Gasteiger partial charge on any atom is -0.341 e. The van der Waals surface area contributed by atoms with Crippen LogP contribution in [0.25, 0.3) is 0 Å². The monoisotopic (exact) mass is 309 g/mol. The first-order chi connectivity index (χ1) is 11.2. The second-order valence-electron chi connectivity index (χ2n) is 6.90. The summed E-state index contributed by atoms with van der Waals surface area (Å²) in [6, 6.07) is 10.5. The molecule has 4 heteroatoms. The fraction of sp³-hybridized carbons (Fsp3) is 0.474. The van der Waals surface area contributed by atoms with E-state index < -0.39 is 0 Å². The van der Waals surface area contributed by atoms with Crippen molar-refractivity contribution < 1.29 is 4.79 Å². The standard InChI is InChI=1S/C19H23N3O/c1-14-10-20-18(22(14)11-15-6-3-2-4-7-15)17-12-21(13-17)19(23)16-8-5-9-16/h2-4,6-7,10,16-17H,5,8-9,11-13H2,1H3. The van der Waals surface area contributed by atoms with E-state index >= 15 is 0 Å². The van der Waals surface area contributed by atoms with E-state index in [1.54, 1.807) is 0 Å². The summed E-state index contributed by atoms with van der Waals surface area (Å²) in [5.74, 6) is 2.19. The van der Waals surface area contributed by atoms with E-state index in [4.69, 9.17) is 0 Å². The molecule has 1 aromatic carbocycles. The molecule has 2 aliphatic rings. The van der Waals surface area contributed by atoms with Crippen LogP contribution in [0.3, 0.4) is 0 Å². The van der Waals surface area contributed by atoms with Gasteiger partial charge >= 0.3 is 0 Å². The van der Waals surface area contributed by atoms with Crippen LogP contribution >= 0.6 is 0 Å². The minimum absolute atomic E-state index is 0.307. The van der Waals surface area contributed by atoms with Crippen molar-refractivity contribution >= 4 is 5.91 Å². The molecule has 1 amide bonds. The molecular formula is C19H23N3O. The largest absolute Gasteiger partial charge is 0.341 e. The molecule has 1 aromatic heterocycles. The molecule has 1 saturated carbocycles. The van der Waals surface area contributed by atoms with Crippen LogP contribution in [-0.2, 0) is 11.3 Å². The maximum atomic E-state index is 12.3. The number of rotatable bonds is 4. The number of benzene rings is 1. The van der Waals surface area contributed by atoms with E-state index in [0.29, 0.717) is 17.7 Å². The van der Waals surface area contributed by atoms with E-state index in [-0.39, 0.29) is 0 Å². The number of hydrogen-bond acceptors (Lipinski definition) is 2. The maximum absolute atomic E-state index is 12.3. The highest BCUT2D eigenvalue weighted by molar-refractivity contribution is 5.80. The van der Waals surface area contributed by atoms with E-state index in [2.05, 4.69) is 40.7 Å². The van der Waals surface area contributed by atoms with Gasteiger partial charge < -0.3 is 9.47 Å². The van der Waals surface area contributed by atoms with Crippen LogP contribution in [-0.4, -0.2) is 33.4 Å². The maximum Gasteiger partial charge on any atom is 0.225 e. The summed E-state index contributed by atoms with van der Waals surface area (Å²) in [5.41, 5.74) is 2.48. The number of aromatic nitrogens is 2. The molecular weight excluding hydrogens is 286 g/mol. The molecule has 2 aromatic rings. The summed E-state index contributed by atoms with van der Waals surface area (Å²) >= 11 is 0. The van der Waals surface area contributed by atoms with Crippen molar-refractivity contribution in [3.8, 4) is 0 Å². The van der Waals surface area contributed by atoms with Crippen molar-refractivity contribution in [3.63, 3.8) is 0 Å². The summed E-state index contributed by atoms with van der Waals surface area (Å²) in [6.45, 7) is 4.63. The summed E-state index contributed by atoms with van der Waals surface area (Å²) < 4.78 is 2.30. The first kappa shape index (κ1) is 14.5. The zero-order valence-corrected chi connectivity index (χ0v) is 13.6. The van der Waals surface area contributed by atoms with Crippen LogP contribution in [0.15, 0.2) is 36.5 Å². The molecule has 0 bridgehead atoms. The quantitative estimate of drug-likeness (QED) is 0.871. The molecule has 0 atom stereocenters. The number of imidazole rings is 1. The van der Waals surface area contributed by atoms with Gasteiger partial charge in [-0.25, -0.2) is 4.98 Å². The highest BCUT2D eigenvalue weighted by Crippen LogP contribution is 2.34.